The lowest BCUT2D eigenvalue weighted by Gasteiger charge is -2.13. The Kier molecular flexibility index (Phi) is 4.89. The highest BCUT2D eigenvalue weighted by Crippen LogP contribution is 2.20. The van der Waals surface area contributed by atoms with Gasteiger partial charge in [0.2, 0.25) is 10.0 Å². The van der Waals surface area contributed by atoms with E-state index in [9.17, 15) is 8.42 Å². The van der Waals surface area contributed by atoms with Crippen molar-refractivity contribution in [2.24, 2.45) is 0 Å². The minimum Gasteiger partial charge on any atom is -0.243 e. The van der Waals surface area contributed by atoms with Crippen molar-refractivity contribution >= 4 is 21.6 Å². The molecule has 3 rings (SSSR count). The van der Waals surface area contributed by atoms with E-state index in [1.807, 2.05) is 44.2 Å². The number of rotatable bonds is 5. The van der Waals surface area contributed by atoms with Gasteiger partial charge >= 0.3 is 0 Å². The molecule has 0 aliphatic rings. The van der Waals surface area contributed by atoms with Crippen molar-refractivity contribution in [3.05, 3.63) is 70.8 Å². The monoisotopic (exact) mass is 376 g/mol. The molecule has 3 aromatic rings. The quantitative estimate of drug-likeness (QED) is 0.694. The molecule has 1 N–H and O–H groups in total. The second-order valence-corrected chi connectivity index (χ2v) is 7.68. The Morgan fingerprint density at radius 3 is 2.60 bits per heavy atom. The summed E-state index contributed by atoms with van der Waals surface area (Å²) in [5, 5.41) is 4.41. The van der Waals surface area contributed by atoms with Crippen LogP contribution >= 0.6 is 11.6 Å². The van der Waals surface area contributed by atoms with Crippen LogP contribution in [0.25, 0.3) is 5.69 Å². The number of benzene rings is 1. The highest BCUT2D eigenvalue weighted by molar-refractivity contribution is 7.89. The lowest BCUT2D eigenvalue weighted by atomic mass is 10.2. The maximum Gasteiger partial charge on any atom is 0.243 e. The zero-order valence-electron chi connectivity index (χ0n) is 13.8. The van der Waals surface area contributed by atoms with Gasteiger partial charge in [0.05, 0.1) is 11.4 Å². The number of hydrogen-bond acceptors (Lipinski definition) is 4. The van der Waals surface area contributed by atoms with Gasteiger partial charge in [-0.2, -0.15) is 5.10 Å². The normalized spacial score (nSPS) is 11.6. The fourth-order valence-corrected chi connectivity index (χ4v) is 4.02. The van der Waals surface area contributed by atoms with Crippen molar-refractivity contribution in [1.82, 2.24) is 19.5 Å². The fourth-order valence-electron chi connectivity index (χ4n) is 2.56. The van der Waals surface area contributed by atoms with Crippen LogP contribution in [0.15, 0.2) is 53.6 Å². The third kappa shape index (κ3) is 3.73. The van der Waals surface area contributed by atoms with Crippen molar-refractivity contribution < 1.29 is 8.42 Å². The first kappa shape index (κ1) is 17.6. The zero-order chi connectivity index (χ0) is 18.0. The maximum absolute atomic E-state index is 12.5. The number of para-hydroxylation sites is 1. The van der Waals surface area contributed by atoms with Gasteiger partial charge in [-0.05, 0) is 43.7 Å². The van der Waals surface area contributed by atoms with E-state index in [-0.39, 0.29) is 16.6 Å². The minimum absolute atomic E-state index is 0.0414. The molecule has 0 amide bonds. The summed E-state index contributed by atoms with van der Waals surface area (Å²) in [4.78, 5) is 3.77. The SMILES string of the molecule is Cc1cc(C)n(-c2ccccc2CNS(=O)(=O)c2cccnc2Cl)n1. The molecule has 1 aromatic carbocycles. The molecule has 0 spiro atoms. The first-order valence-electron chi connectivity index (χ1n) is 7.60. The van der Waals surface area contributed by atoms with Crippen LogP contribution in [0, 0.1) is 13.8 Å². The summed E-state index contributed by atoms with van der Waals surface area (Å²) < 4.78 is 29.4. The summed E-state index contributed by atoms with van der Waals surface area (Å²) in [5.74, 6) is 0. The second kappa shape index (κ2) is 6.95. The number of halogens is 1. The summed E-state index contributed by atoms with van der Waals surface area (Å²) in [7, 11) is -3.77. The summed E-state index contributed by atoms with van der Waals surface area (Å²) in [6.07, 6.45) is 1.44. The molecule has 0 bridgehead atoms. The molecule has 0 aliphatic heterocycles. The molecule has 0 atom stereocenters. The van der Waals surface area contributed by atoms with Gasteiger partial charge in [0, 0.05) is 18.4 Å². The number of hydrogen-bond donors (Lipinski definition) is 1. The molecule has 0 saturated carbocycles. The zero-order valence-corrected chi connectivity index (χ0v) is 15.3. The summed E-state index contributed by atoms with van der Waals surface area (Å²) in [6.45, 7) is 3.98. The molecular weight excluding hydrogens is 360 g/mol. The molecule has 0 unspecified atom stereocenters. The lowest BCUT2D eigenvalue weighted by Crippen LogP contribution is -2.24. The van der Waals surface area contributed by atoms with E-state index < -0.39 is 10.0 Å². The number of aromatic nitrogens is 3. The third-order valence-electron chi connectivity index (χ3n) is 3.70. The highest BCUT2D eigenvalue weighted by atomic mass is 35.5. The van der Waals surface area contributed by atoms with Gasteiger partial charge in [0.15, 0.2) is 0 Å². The van der Waals surface area contributed by atoms with Gasteiger partial charge in [-0.3, -0.25) is 0 Å². The minimum atomic E-state index is -3.77. The van der Waals surface area contributed by atoms with E-state index in [0.717, 1.165) is 22.6 Å². The Morgan fingerprint density at radius 1 is 1.16 bits per heavy atom. The van der Waals surface area contributed by atoms with E-state index in [1.165, 1.54) is 18.3 Å². The van der Waals surface area contributed by atoms with E-state index >= 15 is 0 Å². The van der Waals surface area contributed by atoms with E-state index in [2.05, 4.69) is 14.8 Å². The van der Waals surface area contributed by atoms with Gasteiger partial charge in [-0.15, -0.1) is 0 Å². The molecule has 25 heavy (non-hydrogen) atoms. The third-order valence-corrected chi connectivity index (χ3v) is 5.54. The highest BCUT2D eigenvalue weighted by Gasteiger charge is 2.19. The van der Waals surface area contributed by atoms with Crippen molar-refractivity contribution in [3.8, 4) is 5.69 Å². The average molecular weight is 377 g/mol. The summed E-state index contributed by atoms with van der Waals surface area (Å²) >= 11 is 5.90. The van der Waals surface area contributed by atoms with Crippen LogP contribution in [0.3, 0.4) is 0 Å². The summed E-state index contributed by atoms with van der Waals surface area (Å²) in [5.41, 5.74) is 3.50. The van der Waals surface area contributed by atoms with Crippen LogP contribution in [0.1, 0.15) is 17.0 Å². The molecule has 2 heterocycles. The van der Waals surface area contributed by atoms with Crippen LogP contribution in [0.2, 0.25) is 5.15 Å². The number of sulfonamides is 1. The molecule has 130 valence electrons. The van der Waals surface area contributed by atoms with Gasteiger partial charge in [0.25, 0.3) is 0 Å². The number of pyridine rings is 1. The number of nitrogens with zero attached hydrogens (tertiary/aromatic N) is 3. The van der Waals surface area contributed by atoms with Crippen molar-refractivity contribution in [3.63, 3.8) is 0 Å². The average Bonchev–Trinajstić information content (AvgIpc) is 2.92. The summed E-state index contributed by atoms with van der Waals surface area (Å²) in [6, 6.07) is 12.4. The number of aryl methyl sites for hydroxylation is 2. The first-order chi connectivity index (χ1) is 11.9. The predicted octanol–water partition coefficient (Wildman–Crippen LogP) is 3.02. The molecule has 0 fully saturated rings. The standard InChI is InChI=1S/C17H17ClN4O2S/c1-12-10-13(2)22(21-12)15-7-4-3-6-14(15)11-20-25(23,24)16-8-5-9-19-17(16)18/h3-10,20H,11H2,1-2H3. The predicted molar refractivity (Wildman–Crippen MR) is 96.3 cm³/mol. The van der Waals surface area contributed by atoms with Gasteiger partial charge in [-0.1, -0.05) is 29.8 Å². The van der Waals surface area contributed by atoms with Gasteiger partial charge in [-0.25, -0.2) is 22.8 Å². The van der Waals surface area contributed by atoms with Crippen molar-refractivity contribution in [2.45, 2.75) is 25.3 Å². The first-order valence-corrected chi connectivity index (χ1v) is 9.46. The van der Waals surface area contributed by atoms with Crippen LogP contribution in [0.5, 0.6) is 0 Å². The Morgan fingerprint density at radius 2 is 1.92 bits per heavy atom. The van der Waals surface area contributed by atoms with E-state index in [0.29, 0.717) is 0 Å². The Bertz CT molecular complexity index is 1010. The topological polar surface area (TPSA) is 76.9 Å². The molecular formula is C17H17ClN4O2S. The Labute approximate surface area is 151 Å². The van der Waals surface area contributed by atoms with Crippen LogP contribution in [0.4, 0.5) is 0 Å². The van der Waals surface area contributed by atoms with Crippen LogP contribution in [-0.4, -0.2) is 23.2 Å². The molecule has 0 aliphatic carbocycles. The molecule has 6 nitrogen and oxygen atoms in total. The van der Waals surface area contributed by atoms with E-state index in [1.54, 1.807) is 4.68 Å². The molecule has 2 aromatic heterocycles. The smallest absolute Gasteiger partial charge is 0.243 e. The van der Waals surface area contributed by atoms with Gasteiger partial charge in [0.1, 0.15) is 10.0 Å². The van der Waals surface area contributed by atoms with Crippen LogP contribution in [-0.2, 0) is 16.6 Å². The van der Waals surface area contributed by atoms with Gasteiger partial charge < -0.3 is 0 Å². The van der Waals surface area contributed by atoms with Crippen molar-refractivity contribution in [2.75, 3.05) is 0 Å². The van der Waals surface area contributed by atoms with E-state index in [4.69, 9.17) is 11.6 Å². The Hall–Kier alpha value is -2.22. The van der Waals surface area contributed by atoms with Crippen LogP contribution < -0.4 is 4.72 Å². The van der Waals surface area contributed by atoms with Crippen molar-refractivity contribution in [1.29, 1.82) is 0 Å². The number of nitrogens with one attached hydrogen (secondary N) is 1. The molecule has 0 saturated heterocycles. The maximum atomic E-state index is 12.5. The fraction of sp³-hybridized carbons (Fsp3) is 0.176. The largest absolute Gasteiger partial charge is 0.243 e. The molecule has 8 heteroatoms. The Balaban J connectivity index is 1.90. The lowest BCUT2D eigenvalue weighted by molar-refractivity contribution is 0.580. The molecule has 0 radical (unpaired) electrons. The second-order valence-electron chi connectivity index (χ2n) is 5.58.